The molecule has 17 heavy (non-hydrogen) atoms. The number of hydrogen-bond donors (Lipinski definition) is 1. The van der Waals surface area contributed by atoms with Crippen molar-refractivity contribution in [3.63, 3.8) is 0 Å². The first-order chi connectivity index (χ1) is 8.10. The molecule has 0 aliphatic heterocycles. The van der Waals surface area contributed by atoms with E-state index in [9.17, 15) is 9.90 Å². The molecule has 92 valence electrons. The van der Waals surface area contributed by atoms with Gasteiger partial charge in [0.1, 0.15) is 5.92 Å². The predicted octanol–water partition coefficient (Wildman–Crippen LogP) is 4.08. The predicted molar refractivity (Wildman–Crippen MR) is 70.9 cm³/mol. The number of aliphatic carboxylic acids is 1. The van der Waals surface area contributed by atoms with Crippen molar-refractivity contribution < 1.29 is 9.90 Å². The summed E-state index contributed by atoms with van der Waals surface area (Å²) >= 11 is 11.8. The summed E-state index contributed by atoms with van der Waals surface area (Å²) in [5.74, 6) is -1.32. The average molecular weight is 273 g/mol. The van der Waals surface area contributed by atoms with Gasteiger partial charge in [0.25, 0.3) is 0 Å². The fourth-order valence-electron chi connectivity index (χ4n) is 1.51. The number of allylic oxidation sites excluding steroid dienone is 1. The molecule has 0 radical (unpaired) electrons. The Bertz CT molecular complexity index is 421. The molecule has 0 aliphatic rings. The van der Waals surface area contributed by atoms with Crippen molar-refractivity contribution in [1.29, 1.82) is 0 Å². The minimum absolute atomic E-state index is 0.338. The maximum Gasteiger partial charge on any atom is 0.314 e. The summed E-state index contributed by atoms with van der Waals surface area (Å²) in [6.45, 7) is 1.94. The number of alkyl halides is 1. The van der Waals surface area contributed by atoms with E-state index in [2.05, 4.69) is 0 Å². The number of hydrogen-bond acceptors (Lipinski definition) is 1. The summed E-state index contributed by atoms with van der Waals surface area (Å²) in [6, 6.07) is 6.96. The van der Waals surface area contributed by atoms with Crippen LogP contribution in [-0.2, 0) is 4.79 Å². The van der Waals surface area contributed by atoms with E-state index in [0.29, 0.717) is 16.5 Å². The molecule has 2 nitrogen and oxygen atoms in total. The van der Waals surface area contributed by atoms with Gasteiger partial charge in [-0.2, -0.15) is 0 Å². The zero-order chi connectivity index (χ0) is 12.8. The lowest BCUT2D eigenvalue weighted by molar-refractivity contribution is -0.137. The molecule has 1 atom stereocenters. The summed E-state index contributed by atoms with van der Waals surface area (Å²) in [5, 5.41) is 9.70. The van der Waals surface area contributed by atoms with E-state index in [1.807, 2.05) is 6.92 Å². The molecule has 0 saturated heterocycles. The molecule has 0 saturated carbocycles. The van der Waals surface area contributed by atoms with Gasteiger partial charge in [0.2, 0.25) is 0 Å². The summed E-state index contributed by atoms with van der Waals surface area (Å²) in [6.07, 6.45) is 2.41. The molecule has 1 N–H and O–H groups in total. The van der Waals surface area contributed by atoms with Crippen LogP contribution in [0.2, 0.25) is 5.02 Å². The van der Waals surface area contributed by atoms with E-state index in [0.717, 1.165) is 12.0 Å². The van der Waals surface area contributed by atoms with Gasteiger partial charge in [-0.25, -0.2) is 0 Å². The second kappa shape index (κ2) is 6.67. The third-order valence-electron chi connectivity index (χ3n) is 2.53. The molecule has 0 aromatic heterocycles. The Morgan fingerprint density at radius 3 is 2.59 bits per heavy atom. The van der Waals surface area contributed by atoms with Crippen molar-refractivity contribution >= 4 is 29.2 Å². The first-order valence-corrected chi connectivity index (χ1v) is 6.24. The van der Waals surface area contributed by atoms with Crippen LogP contribution in [0, 0.1) is 0 Å². The molecule has 0 heterocycles. The highest BCUT2D eigenvalue weighted by Crippen LogP contribution is 2.27. The highest BCUT2D eigenvalue weighted by Gasteiger charge is 2.20. The maximum atomic E-state index is 11.3. The second-order valence-electron chi connectivity index (χ2n) is 3.65. The van der Waals surface area contributed by atoms with Gasteiger partial charge >= 0.3 is 5.97 Å². The minimum Gasteiger partial charge on any atom is -0.481 e. The number of benzene rings is 1. The molecule has 0 spiro atoms. The molecule has 4 heteroatoms. The van der Waals surface area contributed by atoms with Crippen LogP contribution in [0.3, 0.4) is 0 Å². The van der Waals surface area contributed by atoms with E-state index in [1.54, 1.807) is 30.3 Å². The van der Waals surface area contributed by atoms with Gasteiger partial charge in [-0.3, -0.25) is 4.79 Å². The summed E-state index contributed by atoms with van der Waals surface area (Å²) in [5.41, 5.74) is 1.50. The van der Waals surface area contributed by atoms with Gasteiger partial charge in [-0.05, 0) is 18.1 Å². The molecule has 0 bridgehead atoms. The maximum absolute atomic E-state index is 11.3. The molecular formula is C13H14Cl2O2. The molecule has 0 amide bonds. The number of rotatable bonds is 5. The first-order valence-electron chi connectivity index (χ1n) is 5.32. The Morgan fingerprint density at radius 1 is 1.47 bits per heavy atom. The zero-order valence-electron chi connectivity index (χ0n) is 9.49. The molecule has 0 fully saturated rings. The molecule has 1 unspecified atom stereocenters. The largest absolute Gasteiger partial charge is 0.481 e. The van der Waals surface area contributed by atoms with Crippen molar-refractivity contribution in [2.45, 2.75) is 19.3 Å². The third-order valence-corrected chi connectivity index (χ3v) is 3.22. The van der Waals surface area contributed by atoms with Crippen LogP contribution in [0.1, 0.15) is 24.8 Å². The van der Waals surface area contributed by atoms with Gasteiger partial charge in [0.05, 0.1) is 0 Å². The van der Waals surface area contributed by atoms with E-state index in [1.165, 1.54) is 0 Å². The van der Waals surface area contributed by atoms with Crippen molar-refractivity contribution in [3.8, 4) is 0 Å². The lowest BCUT2D eigenvalue weighted by Crippen LogP contribution is -2.10. The second-order valence-corrected chi connectivity index (χ2v) is 4.32. The van der Waals surface area contributed by atoms with E-state index in [4.69, 9.17) is 23.2 Å². The number of carbonyl (C=O) groups is 1. The first kappa shape index (κ1) is 14.1. The lowest BCUT2D eigenvalue weighted by Gasteiger charge is -2.12. The van der Waals surface area contributed by atoms with Gasteiger partial charge in [0, 0.05) is 10.9 Å². The summed E-state index contributed by atoms with van der Waals surface area (Å²) in [7, 11) is 0. The SMILES string of the molecule is CCC(=CC(C(=O)O)c1ccccc1Cl)CCl. The fraction of sp³-hybridized carbons (Fsp3) is 0.308. The highest BCUT2D eigenvalue weighted by molar-refractivity contribution is 6.31. The molecule has 1 aromatic rings. The Hall–Kier alpha value is -0.990. The topological polar surface area (TPSA) is 37.3 Å². The van der Waals surface area contributed by atoms with Gasteiger partial charge in [-0.15, -0.1) is 11.6 Å². The van der Waals surface area contributed by atoms with Crippen LogP contribution < -0.4 is 0 Å². The molecular weight excluding hydrogens is 259 g/mol. The fourth-order valence-corrected chi connectivity index (χ4v) is 2.05. The Balaban J connectivity index is 3.15. The smallest absolute Gasteiger partial charge is 0.314 e. The molecule has 0 aliphatic carbocycles. The quantitative estimate of drug-likeness (QED) is 0.648. The number of carboxylic acid groups (broad SMARTS) is 1. The van der Waals surface area contributed by atoms with Crippen LogP contribution in [0.4, 0.5) is 0 Å². The van der Waals surface area contributed by atoms with Crippen molar-refractivity contribution in [3.05, 3.63) is 46.5 Å². The minimum atomic E-state index is -0.922. The van der Waals surface area contributed by atoms with Crippen LogP contribution in [-0.4, -0.2) is 17.0 Å². The average Bonchev–Trinajstić information content (AvgIpc) is 2.32. The van der Waals surface area contributed by atoms with Gasteiger partial charge in [0.15, 0.2) is 0 Å². The Morgan fingerprint density at radius 2 is 2.12 bits per heavy atom. The Labute approximate surface area is 111 Å². The number of halogens is 2. The van der Waals surface area contributed by atoms with Crippen LogP contribution >= 0.6 is 23.2 Å². The van der Waals surface area contributed by atoms with Crippen LogP contribution in [0.15, 0.2) is 35.9 Å². The molecule has 1 aromatic carbocycles. The van der Waals surface area contributed by atoms with Gasteiger partial charge < -0.3 is 5.11 Å². The third kappa shape index (κ3) is 3.76. The van der Waals surface area contributed by atoms with Gasteiger partial charge in [-0.1, -0.05) is 48.4 Å². The zero-order valence-corrected chi connectivity index (χ0v) is 11.0. The van der Waals surface area contributed by atoms with Crippen molar-refractivity contribution in [2.75, 3.05) is 5.88 Å². The normalized spacial score (nSPS) is 13.5. The van der Waals surface area contributed by atoms with Crippen molar-refractivity contribution in [2.24, 2.45) is 0 Å². The number of carboxylic acids is 1. The van der Waals surface area contributed by atoms with Crippen LogP contribution in [0.25, 0.3) is 0 Å². The Kier molecular flexibility index (Phi) is 5.52. The van der Waals surface area contributed by atoms with E-state index >= 15 is 0 Å². The monoisotopic (exact) mass is 272 g/mol. The highest BCUT2D eigenvalue weighted by atomic mass is 35.5. The summed E-state index contributed by atoms with van der Waals surface area (Å²) in [4.78, 5) is 11.3. The van der Waals surface area contributed by atoms with E-state index < -0.39 is 11.9 Å². The van der Waals surface area contributed by atoms with E-state index in [-0.39, 0.29) is 0 Å². The molecule has 1 rings (SSSR count). The van der Waals surface area contributed by atoms with Crippen molar-refractivity contribution in [1.82, 2.24) is 0 Å². The standard InChI is InChI=1S/C13H14Cl2O2/c1-2-9(8-14)7-11(13(16)17)10-5-3-4-6-12(10)15/h3-7,11H,2,8H2,1H3,(H,16,17). The summed E-state index contributed by atoms with van der Waals surface area (Å²) < 4.78 is 0. The van der Waals surface area contributed by atoms with Crippen LogP contribution in [0.5, 0.6) is 0 Å². The lowest BCUT2D eigenvalue weighted by atomic mass is 9.96.